The number of ether oxygens (including phenoxy) is 1. The van der Waals surface area contributed by atoms with Crippen LogP contribution < -0.4 is 0 Å². The van der Waals surface area contributed by atoms with Crippen LogP contribution in [0.3, 0.4) is 0 Å². The van der Waals surface area contributed by atoms with Gasteiger partial charge in [0, 0.05) is 18.8 Å². The smallest absolute Gasteiger partial charge is 0.340 e. The molecule has 1 aromatic carbocycles. The van der Waals surface area contributed by atoms with E-state index in [9.17, 15) is 9.59 Å². The van der Waals surface area contributed by atoms with E-state index in [1.165, 1.54) is 0 Å². The Morgan fingerprint density at radius 1 is 1.12 bits per heavy atom. The lowest BCUT2D eigenvalue weighted by atomic mass is 10.1. The summed E-state index contributed by atoms with van der Waals surface area (Å²) < 4.78 is 5.10. The summed E-state index contributed by atoms with van der Waals surface area (Å²) in [5.74, 6) is -0.486. The van der Waals surface area contributed by atoms with Crippen molar-refractivity contribution in [3.05, 3.63) is 58.4 Å². The fraction of sp³-hybridized carbons (Fsp3) is 0.400. The van der Waals surface area contributed by atoms with Crippen molar-refractivity contribution in [2.24, 2.45) is 0 Å². The van der Waals surface area contributed by atoms with Crippen LogP contribution in [0.25, 0.3) is 0 Å². The van der Waals surface area contributed by atoms with Crippen LogP contribution in [0.4, 0.5) is 0 Å². The standard InChI is InChI=1S/C20H26N2O3/c1-5-12-22(13-16-10-8-7-9-11-16)19(23)18-14(3)17(15(4)21-18)20(24)25-6-2/h7-11,21H,5-6,12-13H2,1-4H3. The fourth-order valence-corrected chi connectivity index (χ4v) is 2.96. The molecule has 5 heteroatoms. The van der Waals surface area contributed by atoms with Gasteiger partial charge in [-0.05, 0) is 38.3 Å². The molecule has 1 aromatic heterocycles. The molecule has 0 saturated heterocycles. The van der Waals surface area contributed by atoms with Gasteiger partial charge in [-0.15, -0.1) is 0 Å². The van der Waals surface area contributed by atoms with E-state index in [4.69, 9.17) is 4.74 Å². The molecule has 0 aliphatic carbocycles. The lowest BCUT2D eigenvalue weighted by Gasteiger charge is -2.22. The van der Waals surface area contributed by atoms with Gasteiger partial charge in [-0.1, -0.05) is 37.3 Å². The molecule has 0 atom stereocenters. The van der Waals surface area contributed by atoms with Gasteiger partial charge in [0.15, 0.2) is 0 Å². The van der Waals surface area contributed by atoms with Crippen molar-refractivity contribution in [1.82, 2.24) is 9.88 Å². The topological polar surface area (TPSA) is 62.4 Å². The first-order valence-electron chi connectivity index (χ1n) is 8.69. The molecule has 0 fully saturated rings. The number of esters is 1. The third kappa shape index (κ3) is 4.29. The number of aryl methyl sites for hydroxylation is 1. The minimum absolute atomic E-state index is 0.0955. The summed E-state index contributed by atoms with van der Waals surface area (Å²) >= 11 is 0. The molecule has 1 amide bonds. The van der Waals surface area contributed by atoms with E-state index in [0.29, 0.717) is 42.2 Å². The zero-order valence-electron chi connectivity index (χ0n) is 15.4. The van der Waals surface area contributed by atoms with Crippen molar-refractivity contribution in [2.75, 3.05) is 13.2 Å². The third-order valence-electron chi connectivity index (χ3n) is 4.13. The van der Waals surface area contributed by atoms with Gasteiger partial charge in [-0.2, -0.15) is 0 Å². The van der Waals surface area contributed by atoms with E-state index in [2.05, 4.69) is 4.98 Å². The molecule has 1 N–H and O–H groups in total. The van der Waals surface area contributed by atoms with Crippen molar-refractivity contribution in [3.8, 4) is 0 Å². The average molecular weight is 342 g/mol. The van der Waals surface area contributed by atoms with Crippen LogP contribution in [-0.4, -0.2) is 34.9 Å². The van der Waals surface area contributed by atoms with Gasteiger partial charge < -0.3 is 14.6 Å². The Kier molecular flexibility index (Phi) is 6.39. The maximum absolute atomic E-state index is 13.0. The first kappa shape index (κ1) is 18.8. The summed E-state index contributed by atoms with van der Waals surface area (Å²) in [6.45, 7) is 8.89. The first-order valence-corrected chi connectivity index (χ1v) is 8.69. The highest BCUT2D eigenvalue weighted by atomic mass is 16.5. The number of aromatic amines is 1. The van der Waals surface area contributed by atoms with Gasteiger partial charge in [-0.25, -0.2) is 4.79 Å². The minimum Gasteiger partial charge on any atom is -0.462 e. The quantitative estimate of drug-likeness (QED) is 0.777. The van der Waals surface area contributed by atoms with Crippen molar-refractivity contribution in [3.63, 3.8) is 0 Å². The van der Waals surface area contributed by atoms with Crippen molar-refractivity contribution >= 4 is 11.9 Å². The summed E-state index contributed by atoms with van der Waals surface area (Å²) in [7, 11) is 0. The van der Waals surface area contributed by atoms with Gasteiger partial charge >= 0.3 is 5.97 Å². The molecule has 2 aromatic rings. The van der Waals surface area contributed by atoms with Crippen molar-refractivity contribution in [2.45, 2.75) is 40.7 Å². The van der Waals surface area contributed by atoms with Gasteiger partial charge in [0.1, 0.15) is 5.69 Å². The van der Waals surface area contributed by atoms with Crippen molar-refractivity contribution in [1.29, 1.82) is 0 Å². The van der Waals surface area contributed by atoms with Gasteiger partial charge in [0.05, 0.1) is 12.2 Å². The third-order valence-corrected chi connectivity index (χ3v) is 4.13. The van der Waals surface area contributed by atoms with Gasteiger partial charge in [0.2, 0.25) is 0 Å². The zero-order valence-corrected chi connectivity index (χ0v) is 15.4. The van der Waals surface area contributed by atoms with Crippen LogP contribution in [0.2, 0.25) is 0 Å². The molecular formula is C20H26N2O3. The number of nitrogens with zero attached hydrogens (tertiary/aromatic N) is 1. The molecule has 0 unspecified atom stereocenters. The van der Waals surface area contributed by atoms with Crippen LogP contribution in [0, 0.1) is 13.8 Å². The van der Waals surface area contributed by atoms with Crippen LogP contribution in [0.1, 0.15) is 57.9 Å². The van der Waals surface area contributed by atoms with Gasteiger partial charge in [-0.3, -0.25) is 4.79 Å². The van der Waals surface area contributed by atoms with E-state index in [0.717, 1.165) is 12.0 Å². The van der Waals surface area contributed by atoms with Crippen LogP contribution in [-0.2, 0) is 11.3 Å². The first-order chi connectivity index (χ1) is 12.0. The molecule has 134 valence electrons. The normalized spacial score (nSPS) is 10.6. The average Bonchev–Trinajstić information content (AvgIpc) is 2.89. The Balaban J connectivity index is 2.30. The summed E-state index contributed by atoms with van der Waals surface area (Å²) in [6.07, 6.45) is 0.863. The Morgan fingerprint density at radius 2 is 1.80 bits per heavy atom. The second-order valence-corrected chi connectivity index (χ2v) is 6.06. The number of H-pyrrole nitrogens is 1. The second kappa shape index (κ2) is 8.51. The number of nitrogens with one attached hydrogen (secondary N) is 1. The summed E-state index contributed by atoms with van der Waals surface area (Å²) in [5.41, 5.74) is 3.31. The number of hydrogen-bond donors (Lipinski definition) is 1. The Hall–Kier alpha value is -2.56. The predicted molar refractivity (Wildman–Crippen MR) is 97.7 cm³/mol. The number of amides is 1. The minimum atomic E-state index is -0.391. The molecule has 5 nitrogen and oxygen atoms in total. The SMILES string of the molecule is CCCN(Cc1ccccc1)C(=O)c1[nH]c(C)c(C(=O)OCC)c1C. The largest absolute Gasteiger partial charge is 0.462 e. The van der Waals surface area contributed by atoms with E-state index >= 15 is 0 Å². The Labute approximate surface area is 149 Å². The molecule has 0 spiro atoms. The monoisotopic (exact) mass is 342 g/mol. The molecule has 0 bridgehead atoms. The lowest BCUT2D eigenvalue weighted by molar-refractivity contribution is 0.0525. The molecule has 0 aliphatic heterocycles. The highest BCUT2D eigenvalue weighted by Gasteiger charge is 2.25. The van der Waals surface area contributed by atoms with E-state index in [-0.39, 0.29) is 5.91 Å². The molecule has 0 saturated carbocycles. The zero-order chi connectivity index (χ0) is 18.4. The van der Waals surface area contributed by atoms with E-state index in [1.807, 2.05) is 42.2 Å². The second-order valence-electron chi connectivity index (χ2n) is 6.06. The molecule has 0 radical (unpaired) electrons. The molecule has 25 heavy (non-hydrogen) atoms. The number of carbonyl (C=O) groups excluding carboxylic acids is 2. The lowest BCUT2D eigenvalue weighted by Crippen LogP contribution is -2.32. The van der Waals surface area contributed by atoms with Crippen LogP contribution >= 0.6 is 0 Å². The number of aromatic nitrogens is 1. The maximum atomic E-state index is 13.0. The maximum Gasteiger partial charge on any atom is 0.340 e. The number of rotatable bonds is 7. The summed E-state index contributed by atoms with van der Waals surface area (Å²) in [6, 6.07) is 9.90. The molecule has 0 aliphatic rings. The summed E-state index contributed by atoms with van der Waals surface area (Å²) in [4.78, 5) is 30.1. The van der Waals surface area contributed by atoms with Crippen LogP contribution in [0.15, 0.2) is 30.3 Å². The predicted octanol–water partition coefficient (Wildman–Crippen LogP) is 3.86. The van der Waals surface area contributed by atoms with E-state index in [1.54, 1.807) is 20.8 Å². The Bertz CT molecular complexity index is 735. The molecule has 1 heterocycles. The molecule has 2 rings (SSSR count). The van der Waals surface area contributed by atoms with Gasteiger partial charge in [0.25, 0.3) is 5.91 Å². The highest BCUT2D eigenvalue weighted by molar-refractivity contribution is 6.00. The van der Waals surface area contributed by atoms with Crippen LogP contribution in [0.5, 0.6) is 0 Å². The highest BCUT2D eigenvalue weighted by Crippen LogP contribution is 2.21. The number of hydrogen-bond acceptors (Lipinski definition) is 3. The summed E-state index contributed by atoms with van der Waals surface area (Å²) in [5, 5.41) is 0. The number of carbonyl (C=O) groups is 2. The van der Waals surface area contributed by atoms with E-state index < -0.39 is 5.97 Å². The fourth-order valence-electron chi connectivity index (χ4n) is 2.96. The Morgan fingerprint density at radius 3 is 2.40 bits per heavy atom. The number of benzene rings is 1. The van der Waals surface area contributed by atoms with Crippen molar-refractivity contribution < 1.29 is 14.3 Å². The molecular weight excluding hydrogens is 316 g/mol.